The fourth-order valence-electron chi connectivity index (χ4n) is 4.58. The van der Waals surface area contributed by atoms with Gasteiger partial charge in [0, 0.05) is 32.2 Å². The zero-order chi connectivity index (χ0) is 14.8. The van der Waals surface area contributed by atoms with Gasteiger partial charge >= 0.3 is 0 Å². The van der Waals surface area contributed by atoms with Crippen LogP contribution in [-0.2, 0) is 4.79 Å². The highest BCUT2D eigenvalue weighted by Gasteiger charge is 2.41. The number of fused-ring (bicyclic) bond motifs is 1. The van der Waals surface area contributed by atoms with Crippen LogP contribution in [0.1, 0.15) is 51.9 Å². The molecule has 3 aliphatic rings. The first kappa shape index (κ1) is 18.0. The molecule has 0 aromatic heterocycles. The largest absolute Gasteiger partial charge is 0.341 e. The van der Waals surface area contributed by atoms with Crippen molar-refractivity contribution in [3.8, 4) is 0 Å². The molecule has 2 N–H and O–H groups in total. The van der Waals surface area contributed by atoms with Crippen LogP contribution in [0.15, 0.2) is 0 Å². The summed E-state index contributed by atoms with van der Waals surface area (Å²) in [6.45, 7) is 6.15. The molecule has 1 amide bonds. The monoisotopic (exact) mass is 329 g/mol. The van der Waals surface area contributed by atoms with Crippen LogP contribution >= 0.6 is 12.4 Å². The van der Waals surface area contributed by atoms with Gasteiger partial charge in [0.05, 0.1) is 6.04 Å². The summed E-state index contributed by atoms with van der Waals surface area (Å²) in [6, 6.07) is 0.398. The molecule has 2 heterocycles. The molecule has 0 spiro atoms. The Balaban J connectivity index is 0.00000176. The van der Waals surface area contributed by atoms with E-state index in [1.165, 1.54) is 44.9 Å². The van der Waals surface area contributed by atoms with E-state index in [1.807, 2.05) is 0 Å². The van der Waals surface area contributed by atoms with Gasteiger partial charge in [-0.1, -0.05) is 19.3 Å². The molecule has 1 aliphatic carbocycles. The first-order valence-electron chi connectivity index (χ1n) is 8.95. The Hall–Kier alpha value is -0.320. The van der Waals surface area contributed by atoms with Crippen LogP contribution < -0.4 is 5.73 Å². The molecule has 0 aromatic rings. The molecule has 0 radical (unpaired) electrons. The van der Waals surface area contributed by atoms with Crippen LogP contribution in [-0.4, -0.2) is 54.0 Å². The highest BCUT2D eigenvalue weighted by Crippen LogP contribution is 2.36. The number of hydrogen-bond donors (Lipinski definition) is 1. The molecule has 4 unspecified atom stereocenters. The predicted molar refractivity (Wildman–Crippen MR) is 92.1 cm³/mol. The summed E-state index contributed by atoms with van der Waals surface area (Å²) < 4.78 is 0. The molecule has 2 aliphatic heterocycles. The van der Waals surface area contributed by atoms with Crippen LogP contribution in [0, 0.1) is 11.8 Å². The van der Waals surface area contributed by atoms with Crippen molar-refractivity contribution in [3.05, 3.63) is 0 Å². The van der Waals surface area contributed by atoms with Crippen molar-refractivity contribution in [2.24, 2.45) is 17.6 Å². The van der Waals surface area contributed by atoms with E-state index in [4.69, 9.17) is 5.73 Å². The Bertz CT molecular complexity index is 371. The van der Waals surface area contributed by atoms with Crippen LogP contribution in [0.25, 0.3) is 0 Å². The smallest absolute Gasteiger partial charge is 0.239 e. The third kappa shape index (κ3) is 3.77. The summed E-state index contributed by atoms with van der Waals surface area (Å²) in [4.78, 5) is 17.3. The highest BCUT2D eigenvalue weighted by atomic mass is 35.5. The molecule has 1 saturated carbocycles. The van der Waals surface area contributed by atoms with Gasteiger partial charge in [-0.15, -0.1) is 12.4 Å². The first-order valence-corrected chi connectivity index (χ1v) is 8.95. The number of carbonyl (C=O) groups excluding carboxylic acids is 1. The van der Waals surface area contributed by atoms with Crippen LogP contribution in [0.5, 0.6) is 0 Å². The molecule has 4 atom stereocenters. The molecule has 3 fully saturated rings. The molecule has 0 bridgehead atoms. The number of rotatable bonds is 2. The number of likely N-dealkylation sites (tertiary alicyclic amines) is 2. The fraction of sp³-hybridized carbons (Fsp3) is 0.941. The average Bonchev–Trinajstić information content (AvgIpc) is 2.75. The molecular formula is C17H32ClN3O. The van der Waals surface area contributed by atoms with Crippen molar-refractivity contribution in [3.63, 3.8) is 0 Å². The molecule has 22 heavy (non-hydrogen) atoms. The van der Waals surface area contributed by atoms with E-state index in [1.54, 1.807) is 0 Å². The lowest BCUT2D eigenvalue weighted by Gasteiger charge is -2.30. The van der Waals surface area contributed by atoms with Crippen molar-refractivity contribution in [1.29, 1.82) is 0 Å². The van der Waals surface area contributed by atoms with Gasteiger partial charge in [0.2, 0.25) is 5.91 Å². The number of nitrogens with two attached hydrogens (primary N) is 1. The Labute approximate surface area is 141 Å². The lowest BCUT2D eigenvalue weighted by atomic mass is 9.78. The van der Waals surface area contributed by atoms with Crippen molar-refractivity contribution in [2.45, 2.75) is 64.0 Å². The zero-order valence-electron chi connectivity index (χ0n) is 13.9. The molecule has 0 aromatic carbocycles. The van der Waals surface area contributed by atoms with Crippen molar-refractivity contribution in [2.75, 3.05) is 26.2 Å². The lowest BCUT2D eigenvalue weighted by Crippen LogP contribution is -2.47. The normalized spacial score (nSPS) is 34.5. The standard InChI is InChI=1S/C17H31N3O.ClH/c1-13(17(21)19-9-4-2-3-5-10-19)20-11-14-7-6-8-16(18)15(14)12-20;/h13-16H,2-12,18H2,1H3;1H. The second-order valence-electron chi connectivity index (χ2n) is 7.39. The Morgan fingerprint density at radius 3 is 2.36 bits per heavy atom. The van der Waals surface area contributed by atoms with Gasteiger partial charge in [0.25, 0.3) is 0 Å². The van der Waals surface area contributed by atoms with Gasteiger partial charge < -0.3 is 10.6 Å². The quantitative estimate of drug-likeness (QED) is 0.845. The summed E-state index contributed by atoms with van der Waals surface area (Å²) in [6.07, 6.45) is 8.65. The fourth-order valence-corrected chi connectivity index (χ4v) is 4.58. The third-order valence-corrected chi connectivity index (χ3v) is 6.01. The van der Waals surface area contributed by atoms with Gasteiger partial charge in [-0.25, -0.2) is 0 Å². The minimum Gasteiger partial charge on any atom is -0.341 e. The molecule has 3 rings (SSSR count). The Morgan fingerprint density at radius 2 is 1.73 bits per heavy atom. The molecule has 2 saturated heterocycles. The minimum atomic E-state index is 0. The van der Waals surface area contributed by atoms with Crippen LogP contribution in [0.4, 0.5) is 0 Å². The molecule has 5 heteroatoms. The molecular weight excluding hydrogens is 298 g/mol. The van der Waals surface area contributed by atoms with E-state index >= 15 is 0 Å². The Kier molecular flexibility index (Phi) is 6.54. The number of hydrogen-bond acceptors (Lipinski definition) is 3. The molecule has 128 valence electrons. The maximum atomic E-state index is 12.8. The highest BCUT2D eigenvalue weighted by molar-refractivity contribution is 5.85. The summed E-state index contributed by atoms with van der Waals surface area (Å²) in [7, 11) is 0. The van der Waals surface area contributed by atoms with Crippen LogP contribution in [0.3, 0.4) is 0 Å². The summed E-state index contributed by atoms with van der Waals surface area (Å²) in [5.74, 6) is 1.70. The second kappa shape index (κ2) is 7.98. The number of amides is 1. The summed E-state index contributed by atoms with van der Waals surface area (Å²) in [5, 5.41) is 0. The van der Waals surface area contributed by atoms with Crippen molar-refractivity contribution in [1.82, 2.24) is 9.80 Å². The molecule has 4 nitrogen and oxygen atoms in total. The van der Waals surface area contributed by atoms with Crippen LogP contribution in [0.2, 0.25) is 0 Å². The number of carbonyl (C=O) groups is 1. The zero-order valence-corrected chi connectivity index (χ0v) is 14.7. The van der Waals surface area contributed by atoms with E-state index in [0.29, 0.717) is 17.9 Å². The first-order chi connectivity index (χ1) is 10.2. The minimum absolute atomic E-state index is 0. The van der Waals surface area contributed by atoms with E-state index in [9.17, 15) is 4.79 Å². The lowest BCUT2D eigenvalue weighted by molar-refractivity contribution is -0.136. The second-order valence-corrected chi connectivity index (χ2v) is 7.39. The van der Waals surface area contributed by atoms with E-state index in [0.717, 1.165) is 32.1 Å². The summed E-state index contributed by atoms with van der Waals surface area (Å²) >= 11 is 0. The maximum Gasteiger partial charge on any atom is 0.239 e. The topological polar surface area (TPSA) is 49.6 Å². The van der Waals surface area contributed by atoms with Gasteiger partial charge in [0.1, 0.15) is 0 Å². The maximum absolute atomic E-state index is 12.8. The Morgan fingerprint density at radius 1 is 1.05 bits per heavy atom. The number of nitrogens with zero attached hydrogens (tertiary/aromatic N) is 2. The summed E-state index contributed by atoms with van der Waals surface area (Å²) in [5.41, 5.74) is 6.30. The van der Waals surface area contributed by atoms with E-state index in [2.05, 4.69) is 16.7 Å². The third-order valence-electron chi connectivity index (χ3n) is 6.01. The average molecular weight is 330 g/mol. The van der Waals surface area contributed by atoms with Crippen molar-refractivity contribution >= 4 is 18.3 Å². The van der Waals surface area contributed by atoms with E-state index in [-0.39, 0.29) is 18.4 Å². The SMILES string of the molecule is CC(C(=O)N1CCCCCC1)N1CC2CCCC(N)C2C1.Cl. The predicted octanol–water partition coefficient (Wildman–Crippen LogP) is 2.26. The van der Waals surface area contributed by atoms with Crippen molar-refractivity contribution < 1.29 is 4.79 Å². The van der Waals surface area contributed by atoms with Gasteiger partial charge in [-0.3, -0.25) is 9.69 Å². The van der Waals surface area contributed by atoms with E-state index < -0.39 is 0 Å². The van der Waals surface area contributed by atoms with Gasteiger partial charge in [-0.2, -0.15) is 0 Å². The van der Waals surface area contributed by atoms with Gasteiger partial charge in [0.15, 0.2) is 0 Å². The number of halogens is 1. The van der Waals surface area contributed by atoms with Gasteiger partial charge in [-0.05, 0) is 44.4 Å².